The smallest absolute Gasteiger partial charge is 0.205 e. The molecule has 0 N–H and O–H groups in total. The SMILES string of the molecule is Cc1ccc(-c2ccc(-c3cc[c-]cc3)c(F)c2Cl)cc1.[Rb+]. The summed E-state index contributed by atoms with van der Waals surface area (Å²) in [5.41, 5.74) is 4.08. The van der Waals surface area contributed by atoms with E-state index in [0.717, 1.165) is 16.7 Å². The van der Waals surface area contributed by atoms with Crippen molar-refractivity contribution in [2.45, 2.75) is 6.92 Å². The molecule has 3 aromatic rings. The summed E-state index contributed by atoms with van der Waals surface area (Å²) in [5, 5.41) is 0.157. The van der Waals surface area contributed by atoms with Crippen molar-refractivity contribution < 1.29 is 62.6 Å². The van der Waals surface area contributed by atoms with Crippen molar-refractivity contribution in [3.63, 3.8) is 0 Å². The van der Waals surface area contributed by atoms with Crippen LogP contribution in [0.5, 0.6) is 0 Å². The van der Waals surface area contributed by atoms with Gasteiger partial charge in [0.2, 0.25) is 0 Å². The van der Waals surface area contributed by atoms with Gasteiger partial charge in [-0.25, -0.2) is 4.39 Å². The summed E-state index contributed by atoms with van der Waals surface area (Å²) in [4.78, 5) is 0. The molecule has 0 aromatic heterocycles. The predicted molar refractivity (Wildman–Crippen MR) is 85.9 cm³/mol. The molecule has 0 aliphatic rings. The Hall–Kier alpha value is -0.315. The minimum absolute atomic E-state index is 0. The van der Waals surface area contributed by atoms with Crippen molar-refractivity contribution in [3.05, 3.63) is 83.1 Å². The summed E-state index contributed by atoms with van der Waals surface area (Å²) in [7, 11) is 0. The summed E-state index contributed by atoms with van der Waals surface area (Å²) in [5.74, 6) is -0.388. The number of halogens is 2. The zero-order valence-corrected chi connectivity index (χ0v) is 18.2. The van der Waals surface area contributed by atoms with Gasteiger partial charge in [-0.05, 0) is 18.1 Å². The van der Waals surface area contributed by atoms with Gasteiger partial charge in [-0.15, -0.1) is 5.56 Å². The van der Waals surface area contributed by atoms with Gasteiger partial charge in [0, 0.05) is 5.56 Å². The maximum atomic E-state index is 14.6. The number of benzene rings is 3. The van der Waals surface area contributed by atoms with Crippen LogP contribution >= 0.6 is 11.6 Å². The van der Waals surface area contributed by atoms with Crippen molar-refractivity contribution in [2.24, 2.45) is 0 Å². The molecule has 0 spiro atoms. The zero-order valence-electron chi connectivity index (χ0n) is 12.5. The first kappa shape index (κ1) is 18.0. The van der Waals surface area contributed by atoms with Crippen molar-refractivity contribution in [2.75, 3.05) is 0 Å². The molecular formula is C19H13ClFRb. The van der Waals surface area contributed by atoms with Gasteiger partial charge >= 0.3 is 58.2 Å². The fraction of sp³-hybridized carbons (Fsp3) is 0.0526. The van der Waals surface area contributed by atoms with Crippen LogP contribution in [-0.4, -0.2) is 0 Å². The molecule has 3 rings (SSSR count). The first-order chi connectivity index (χ1) is 10.2. The Morgan fingerprint density at radius 2 is 1.36 bits per heavy atom. The molecule has 0 radical (unpaired) electrons. The van der Waals surface area contributed by atoms with E-state index in [1.165, 1.54) is 0 Å². The quantitative estimate of drug-likeness (QED) is 0.599. The van der Waals surface area contributed by atoms with Crippen LogP contribution in [0.2, 0.25) is 5.02 Å². The number of hydrogen-bond donors (Lipinski definition) is 0. The van der Waals surface area contributed by atoms with E-state index in [1.807, 2.05) is 49.4 Å². The number of hydrogen-bond acceptors (Lipinski definition) is 0. The molecule has 0 unspecified atom stereocenters. The number of aryl methyl sites for hydroxylation is 1. The van der Waals surface area contributed by atoms with Gasteiger partial charge < -0.3 is 0 Å². The normalized spacial score (nSPS) is 10.1. The van der Waals surface area contributed by atoms with E-state index in [9.17, 15) is 4.39 Å². The Kier molecular flexibility index (Phi) is 6.54. The number of rotatable bonds is 2. The Bertz CT molecular complexity index is 767. The van der Waals surface area contributed by atoms with E-state index >= 15 is 0 Å². The third kappa shape index (κ3) is 3.77. The van der Waals surface area contributed by atoms with E-state index in [1.54, 1.807) is 18.2 Å². The van der Waals surface area contributed by atoms with Crippen molar-refractivity contribution in [1.29, 1.82) is 0 Å². The summed E-state index contributed by atoms with van der Waals surface area (Å²) in [6, 6.07) is 21.6. The zero-order chi connectivity index (χ0) is 14.8. The summed E-state index contributed by atoms with van der Waals surface area (Å²) in [6.07, 6.45) is 0. The molecule has 0 nitrogen and oxygen atoms in total. The Labute approximate surface area is 184 Å². The van der Waals surface area contributed by atoms with Crippen molar-refractivity contribution >= 4 is 11.6 Å². The molecule has 0 atom stereocenters. The molecule has 0 aliphatic carbocycles. The minimum Gasteiger partial charge on any atom is -0.205 e. The molecule has 0 amide bonds. The van der Waals surface area contributed by atoms with Crippen LogP contribution in [0.15, 0.2) is 60.7 Å². The van der Waals surface area contributed by atoms with Gasteiger partial charge in [-0.1, -0.05) is 53.6 Å². The van der Waals surface area contributed by atoms with Gasteiger partial charge in [-0.2, -0.15) is 30.3 Å². The molecule has 0 heterocycles. The second kappa shape index (κ2) is 7.98. The molecule has 0 aliphatic heterocycles. The molecule has 22 heavy (non-hydrogen) atoms. The van der Waals surface area contributed by atoms with Crippen molar-refractivity contribution in [3.8, 4) is 22.3 Å². The molecule has 0 bridgehead atoms. The fourth-order valence-electron chi connectivity index (χ4n) is 2.29. The molecule has 0 saturated carbocycles. The van der Waals surface area contributed by atoms with Crippen LogP contribution in [0.1, 0.15) is 5.56 Å². The molecule has 104 valence electrons. The van der Waals surface area contributed by atoms with Crippen LogP contribution in [0.4, 0.5) is 4.39 Å². The van der Waals surface area contributed by atoms with Crippen LogP contribution in [0.25, 0.3) is 22.3 Å². The van der Waals surface area contributed by atoms with Crippen LogP contribution < -0.4 is 58.2 Å². The molecule has 3 aromatic carbocycles. The molecule has 0 saturated heterocycles. The van der Waals surface area contributed by atoms with Gasteiger partial charge in [0.15, 0.2) is 0 Å². The molecule has 0 fully saturated rings. The second-order valence-electron chi connectivity index (χ2n) is 4.94. The summed E-state index contributed by atoms with van der Waals surface area (Å²) in [6.45, 7) is 2.02. The molecular weight excluding hydrogens is 368 g/mol. The maximum Gasteiger partial charge on any atom is 1.00 e. The average Bonchev–Trinajstić information content (AvgIpc) is 2.52. The third-order valence-electron chi connectivity index (χ3n) is 3.47. The van der Waals surface area contributed by atoms with E-state index in [4.69, 9.17) is 11.6 Å². The van der Waals surface area contributed by atoms with Gasteiger partial charge in [0.1, 0.15) is 5.82 Å². The van der Waals surface area contributed by atoms with Crippen LogP contribution in [0, 0.1) is 18.8 Å². The van der Waals surface area contributed by atoms with E-state index in [0.29, 0.717) is 11.1 Å². The fourth-order valence-corrected chi connectivity index (χ4v) is 2.57. The predicted octanol–water partition coefficient (Wildman–Crippen LogP) is 2.93. The van der Waals surface area contributed by atoms with Gasteiger partial charge in [0.25, 0.3) is 0 Å². The van der Waals surface area contributed by atoms with Gasteiger partial charge in [-0.3, -0.25) is 0 Å². The third-order valence-corrected chi connectivity index (χ3v) is 3.84. The minimum atomic E-state index is -0.388. The van der Waals surface area contributed by atoms with E-state index in [-0.39, 0.29) is 69.0 Å². The second-order valence-corrected chi connectivity index (χ2v) is 5.32. The van der Waals surface area contributed by atoms with Crippen molar-refractivity contribution in [1.82, 2.24) is 0 Å². The first-order valence-corrected chi connectivity index (χ1v) is 7.06. The monoisotopic (exact) mass is 380 g/mol. The summed E-state index contributed by atoms with van der Waals surface area (Å²) < 4.78 is 14.6. The Morgan fingerprint density at radius 3 is 2.00 bits per heavy atom. The van der Waals surface area contributed by atoms with Crippen LogP contribution in [0.3, 0.4) is 0 Å². The first-order valence-electron chi connectivity index (χ1n) is 6.68. The Morgan fingerprint density at radius 1 is 0.818 bits per heavy atom. The van der Waals surface area contributed by atoms with Gasteiger partial charge in [0.05, 0.1) is 5.02 Å². The van der Waals surface area contributed by atoms with E-state index < -0.39 is 0 Å². The van der Waals surface area contributed by atoms with E-state index in [2.05, 4.69) is 6.07 Å². The summed E-state index contributed by atoms with van der Waals surface area (Å²) >= 11 is 6.24. The maximum absolute atomic E-state index is 14.6. The topological polar surface area (TPSA) is 0 Å². The largest absolute Gasteiger partial charge is 1.00 e. The average molecular weight is 381 g/mol. The standard InChI is InChI=1S/C19H13ClF.Rb/c1-13-7-9-15(10-8-13)16-11-12-17(19(21)18(16)20)14-5-3-2-4-6-14;/h3-12H,1H3;/q-1;+1. The molecule has 3 heteroatoms. The van der Waals surface area contributed by atoms with Crippen LogP contribution in [-0.2, 0) is 0 Å². The Balaban J connectivity index is 0.00000176.